The molecule has 110 valence electrons. The molecule has 0 aromatic heterocycles. The van der Waals surface area contributed by atoms with Crippen molar-refractivity contribution < 1.29 is 19.4 Å². The molecule has 2 N–H and O–H groups in total. The summed E-state index contributed by atoms with van der Waals surface area (Å²) in [5, 5.41) is 12.0. The smallest absolute Gasteiger partial charge is 0.408 e. The van der Waals surface area contributed by atoms with E-state index in [0.717, 1.165) is 0 Å². The third kappa shape index (κ3) is 5.01. The molecular weight excluding hydrogens is 258 g/mol. The zero-order chi connectivity index (χ0) is 15.3. The van der Waals surface area contributed by atoms with Gasteiger partial charge in [0.2, 0.25) is 0 Å². The Labute approximate surface area is 118 Å². The van der Waals surface area contributed by atoms with E-state index in [1.54, 1.807) is 51.1 Å². The summed E-state index contributed by atoms with van der Waals surface area (Å²) in [6.07, 6.45) is -1.87. The van der Waals surface area contributed by atoms with Crippen LogP contribution in [0.2, 0.25) is 0 Å². The normalized spacial score (nSPS) is 14.2. The largest absolute Gasteiger partial charge is 0.444 e. The number of amides is 1. The van der Waals surface area contributed by atoms with Gasteiger partial charge in [0.05, 0.1) is 0 Å². The van der Waals surface area contributed by atoms with Gasteiger partial charge in [-0.25, -0.2) is 4.79 Å². The minimum absolute atomic E-state index is 0.484. The third-order valence-corrected chi connectivity index (χ3v) is 2.49. The highest BCUT2D eigenvalue weighted by molar-refractivity contribution is 5.91. The van der Waals surface area contributed by atoms with E-state index < -0.39 is 29.6 Å². The molecule has 0 aliphatic heterocycles. The van der Waals surface area contributed by atoms with E-state index in [4.69, 9.17) is 4.74 Å². The van der Waals surface area contributed by atoms with Crippen LogP contribution in [0.25, 0.3) is 0 Å². The Morgan fingerprint density at radius 2 is 1.75 bits per heavy atom. The molecule has 0 saturated carbocycles. The van der Waals surface area contributed by atoms with E-state index in [0.29, 0.717) is 5.56 Å². The van der Waals surface area contributed by atoms with Crippen LogP contribution in [0.5, 0.6) is 0 Å². The van der Waals surface area contributed by atoms with E-state index in [9.17, 15) is 14.7 Å². The first-order chi connectivity index (χ1) is 9.20. The van der Waals surface area contributed by atoms with Crippen molar-refractivity contribution in [2.24, 2.45) is 0 Å². The lowest BCUT2D eigenvalue weighted by molar-refractivity contribution is -0.128. The highest BCUT2D eigenvalue weighted by Crippen LogP contribution is 2.17. The summed E-state index contributed by atoms with van der Waals surface area (Å²) >= 11 is 0. The maximum atomic E-state index is 12.0. The van der Waals surface area contributed by atoms with E-state index in [1.807, 2.05) is 0 Å². The van der Waals surface area contributed by atoms with E-state index >= 15 is 0 Å². The molecule has 5 nitrogen and oxygen atoms in total. The standard InChI is InChI=1S/C15H21NO4/c1-10(17)13(18)12(11-8-6-5-7-9-11)16-14(19)20-15(2,3)4/h5-10,12,17H,1-4H3,(H,16,19)/t10?,12-/m0/s1. The molecule has 1 rings (SSSR count). The molecule has 1 aromatic rings. The molecule has 20 heavy (non-hydrogen) atoms. The molecule has 0 aliphatic rings. The second-order valence-corrected chi connectivity index (χ2v) is 5.57. The van der Waals surface area contributed by atoms with Crippen molar-refractivity contribution in [1.82, 2.24) is 5.32 Å². The van der Waals surface area contributed by atoms with Gasteiger partial charge in [-0.2, -0.15) is 0 Å². The highest BCUT2D eigenvalue weighted by Gasteiger charge is 2.27. The Bertz CT molecular complexity index is 463. The summed E-state index contributed by atoms with van der Waals surface area (Å²) < 4.78 is 5.14. The van der Waals surface area contributed by atoms with Gasteiger partial charge in [0.1, 0.15) is 17.7 Å². The third-order valence-electron chi connectivity index (χ3n) is 2.49. The minimum Gasteiger partial charge on any atom is -0.444 e. The fraction of sp³-hybridized carbons (Fsp3) is 0.467. The molecular formula is C15H21NO4. The average Bonchev–Trinajstić information content (AvgIpc) is 2.34. The predicted octanol–water partition coefficient (Wildman–Crippen LogP) is 2.20. The maximum absolute atomic E-state index is 12.0. The van der Waals surface area contributed by atoms with Crippen LogP contribution in [0.3, 0.4) is 0 Å². The first-order valence-electron chi connectivity index (χ1n) is 6.47. The van der Waals surface area contributed by atoms with Gasteiger partial charge >= 0.3 is 6.09 Å². The molecule has 0 heterocycles. The van der Waals surface area contributed by atoms with Crippen molar-refractivity contribution in [3.05, 3.63) is 35.9 Å². The van der Waals surface area contributed by atoms with Crippen LogP contribution in [0.1, 0.15) is 39.3 Å². The minimum atomic E-state index is -1.17. The maximum Gasteiger partial charge on any atom is 0.408 e. The van der Waals surface area contributed by atoms with Crippen LogP contribution in [0.4, 0.5) is 4.79 Å². The molecule has 1 aromatic carbocycles. The number of ether oxygens (including phenoxy) is 1. The van der Waals surface area contributed by atoms with Crippen molar-refractivity contribution in [3.63, 3.8) is 0 Å². The summed E-state index contributed by atoms with van der Waals surface area (Å²) in [6.45, 7) is 6.58. The number of Topliss-reactive ketones (excluding diaryl/α,β-unsaturated/α-hetero) is 1. The summed E-state index contributed by atoms with van der Waals surface area (Å²) in [7, 11) is 0. The Kier molecular flexibility index (Phi) is 5.27. The number of hydrogen-bond acceptors (Lipinski definition) is 4. The summed E-state index contributed by atoms with van der Waals surface area (Å²) in [5.74, 6) is -0.484. The van der Waals surface area contributed by atoms with Gasteiger partial charge < -0.3 is 15.2 Å². The topological polar surface area (TPSA) is 75.6 Å². The van der Waals surface area contributed by atoms with E-state index in [-0.39, 0.29) is 0 Å². The van der Waals surface area contributed by atoms with Crippen molar-refractivity contribution in [1.29, 1.82) is 0 Å². The Morgan fingerprint density at radius 1 is 1.20 bits per heavy atom. The van der Waals surface area contributed by atoms with Crippen molar-refractivity contribution in [2.75, 3.05) is 0 Å². The zero-order valence-electron chi connectivity index (χ0n) is 12.2. The molecule has 0 radical (unpaired) electrons. The van der Waals surface area contributed by atoms with Gasteiger partial charge in [0.25, 0.3) is 0 Å². The second-order valence-electron chi connectivity index (χ2n) is 5.57. The number of alkyl carbamates (subject to hydrolysis) is 1. The molecule has 0 saturated heterocycles. The molecule has 0 aliphatic carbocycles. The monoisotopic (exact) mass is 279 g/mol. The van der Waals surface area contributed by atoms with Crippen LogP contribution in [-0.2, 0) is 9.53 Å². The lowest BCUT2D eigenvalue weighted by Gasteiger charge is -2.24. The van der Waals surface area contributed by atoms with Crippen LogP contribution < -0.4 is 5.32 Å². The molecule has 0 spiro atoms. The Hall–Kier alpha value is -1.88. The van der Waals surface area contributed by atoms with E-state index in [1.165, 1.54) is 6.92 Å². The number of carbonyl (C=O) groups is 2. The molecule has 1 unspecified atom stereocenters. The lowest BCUT2D eigenvalue weighted by Crippen LogP contribution is -2.40. The van der Waals surface area contributed by atoms with Crippen LogP contribution in [0, 0.1) is 0 Å². The number of hydrogen-bond donors (Lipinski definition) is 2. The van der Waals surface area contributed by atoms with Gasteiger partial charge in [-0.15, -0.1) is 0 Å². The number of carbonyl (C=O) groups excluding carboxylic acids is 2. The molecule has 1 amide bonds. The van der Waals surface area contributed by atoms with Gasteiger partial charge in [0, 0.05) is 0 Å². The van der Waals surface area contributed by atoms with Gasteiger partial charge in [0.15, 0.2) is 5.78 Å². The number of benzene rings is 1. The summed E-state index contributed by atoms with van der Waals surface area (Å²) in [6, 6.07) is 7.82. The number of ketones is 1. The second kappa shape index (κ2) is 6.52. The predicted molar refractivity (Wildman–Crippen MR) is 75.2 cm³/mol. The lowest BCUT2D eigenvalue weighted by atomic mass is 10.00. The van der Waals surface area contributed by atoms with Crippen molar-refractivity contribution in [3.8, 4) is 0 Å². The first-order valence-corrected chi connectivity index (χ1v) is 6.47. The van der Waals surface area contributed by atoms with Crippen LogP contribution in [-0.4, -0.2) is 28.7 Å². The number of aliphatic hydroxyl groups excluding tert-OH is 1. The Morgan fingerprint density at radius 3 is 2.20 bits per heavy atom. The molecule has 0 fully saturated rings. The van der Waals surface area contributed by atoms with Crippen LogP contribution >= 0.6 is 0 Å². The highest BCUT2D eigenvalue weighted by atomic mass is 16.6. The zero-order valence-corrected chi connectivity index (χ0v) is 12.2. The average molecular weight is 279 g/mol. The van der Waals surface area contributed by atoms with Crippen LogP contribution in [0.15, 0.2) is 30.3 Å². The SMILES string of the molecule is CC(O)C(=O)[C@@H](NC(=O)OC(C)(C)C)c1ccccc1. The fourth-order valence-corrected chi connectivity index (χ4v) is 1.63. The summed E-state index contributed by atoms with van der Waals surface area (Å²) in [5.41, 5.74) is -0.0524. The number of aliphatic hydroxyl groups is 1. The fourth-order valence-electron chi connectivity index (χ4n) is 1.63. The first kappa shape index (κ1) is 16.2. The molecule has 2 atom stereocenters. The van der Waals surface area contributed by atoms with Crippen molar-refractivity contribution in [2.45, 2.75) is 45.4 Å². The van der Waals surface area contributed by atoms with Crippen molar-refractivity contribution >= 4 is 11.9 Å². The van der Waals surface area contributed by atoms with Gasteiger partial charge in [-0.3, -0.25) is 4.79 Å². The molecule has 5 heteroatoms. The number of nitrogens with one attached hydrogen (secondary N) is 1. The quantitative estimate of drug-likeness (QED) is 0.886. The van der Waals surface area contributed by atoms with Gasteiger partial charge in [-0.05, 0) is 33.3 Å². The Balaban J connectivity index is 2.90. The molecule has 0 bridgehead atoms. The van der Waals surface area contributed by atoms with E-state index in [2.05, 4.69) is 5.32 Å². The van der Waals surface area contributed by atoms with Gasteiger partial charge in [-0.1, -0.05) is 30.3 Å². The number of rotatable bonds is 4. The summed E-state index contributed by atoms with van der Waals surface area (Å²) in [4.78, 5) is 23.8.